The van der Waals surface area contributed by atoms with Crippen molar-refractivity contribution in [1.82, 2.24) is 25.4 Å². The number of nitrogens with zero attached hydrogens (tertiary/aromatic N) is 4. The van der Waals surface area contributed by atoms with E-state index < -0.39 is 6.43 Å². The van der Waals surface area contributed by atoms with Crippen LogP contribution in [0.25, 0.3) is 21.6 Å². The zero-order chi connectivity index (χ0) is 12.7. The van der Waals surface area contributed by atoms with Crippen molar-refractivity contribution < 1.29 is 8.78 Å². The van der Waals surface area contributed by atoms with Crippen LogP contribution in [0.15, 0.2) is 11.6 Å². The monoisotopic (exact) mass is 268 g/mol. The highest BCUT2D eigenvalue weighted by molar-refractivity contribution is 7.17. The summed E-state index contributed by atoms with van der Waals surface area (Å²) in [6.45, 7) is 0. The van der Waals surface area contributed by atoms with Gasteiger partial charge in [-0.1, -0.05) is 5.21 Å². The Morgan fingerprint density at radius 3 is 2.83 bits per heavy atom. The molecule has 0 spiro atoms. The molecule has 0 amide bonds. The van der Waals surface area contributed by atoms with Crippen LogP contribution in [0, 0.1) is 0 Å². The van der Waals surface area contributed by atoms with Gasteiger partial charge in [0.25, 0.3) is 6.43 Å². The van der Waals surface area contributed by atoms with Crippen molar-refractivity contribution in [1.29, 1.82) is 0 Å². The van der Waals surface area contributed by atoms with Crippen molar-refractivity contribution in [2.24, 2.45) is 0 Å². The highest BCUT2D eigenvalue weighted by atomic mass is 32.1. The first-order valence-electron chi connectivity index (χ1n) is 4.86. The molecular formula is C9H6F2N6S. The van der Waals surface area contributed by atoms with Gasteiger partial charge in [-0.25, -0.2) is 18.7 Å². The molecule has 0 saturated carbocycles. The summed E-state index contributed by atoms with van der Waals surface area (Å²) < 4.78 is 26.1. The fourth-order valence-electron chi connectivity index (χ4n) is 1.60. The van der Waals surface area contributed by atoms with E-state index in [-0.39, 0.29) is 17.0 Å². The third-order valence-corrected chi connectivity index (χ3v) is 3.35. The Hall–Kier alpha value is -2.16. The molecule has 0 aliphatic carbocycles. The van der Waals surface area contributed by atoms with Gasteiger partial charge in [-0.05, 0) is 0 Å². The van der Waals surface area contributed by atoms with Gasteiger partial charge in [0.2, 0.25) is 5.95 Å². The van der Waals surface area contributed by atoms with Gasteiger partial charge >= 0.3 is 0 Å². The number of hydrogen-bond donors (Lipinski definition) is 2. The van der Waals surface area contributed by atoms with Gasteiger partial charge in [0.05, 0.1) is 22.0 Å². The number of nitrogens with two attached hydrogens (primary N) is 1. The molecule has 0 aromatic carbocycles. The number of alkyl halides is 2. The molecule has 0 atom stereocenters. The average molecular weight is 268 g/mol. The van der Waals surface area contributed by atoms with Crippen molar-refractivity contribution in [3.63, 3.8) is 0 Å². The largest absolute Gasteiger partial charge is 0.368 e. The summed E-state index contributed by atoms with van der Waals surface area (Å²) in [6, 6.07) is 0. The maximum atomic E-state index is 12.8. The number of anilines is 1. The summed E-state index contributed by atoms with van der Waals surface area (Å²) in [5, 5.41) is 11.2. The fraction of sp³-hybridized carbons (Fsp3) is 0.111. The van der Waals surface area contributed by atoms with Crippen LogP contribution in [0.2, 0.25) is 0 Å². The Kier molecular flexibility index (Phi) is 2.40. The molecule has 0 radical (unpaired) electrons. The van der Waals surface area contributed by atoms with Gasteiger partial charge in [-0.2, -0.15) is 0 Å². The lowest BCUT2D eigenvalue weighted by molar-refractivity contribution is 0.153. The van der Waals surface area contributed by atoms with Crippen molar-refractivity contribution >= 4 is 27.5 Å². The molecule has 0 aliphatic heterocycles. The normalized spacial score (nSPS) is 11.5. The molecule has 0 unspecified atom stereocenters. The number of halogens is 2. The van der Waals surface area contributed by atoms with E-state index >= 15 is 0 Å². The number of nitrogens with one attached hydrogen (secondary N) is 1. The van der Waals surface area contributed by atoms with E-state index in [2.05, 4.69) is 25.4 Å². The van der Waals surface area contributed by atoms with Crippen LogP contribution in [0.5, 0.6) is 0 Å². The molecule has 0 bridgehead atoms. The maximum absolute atomic E-state index is 12.8. The van der Waals surface area contributed by atoms with Crippen LogP contribution in [0.3, 0.4) is 0 Å². The molecule has 6 nitrogen and oxygen atoms in total. The van der Waals surface area contributed by atoms with E-state index in [0.29, 0.717) is 16.1 Å². The minimum absolute atomic E-state index is 0.0687. The number of thiophene rings is 1. The first-order valence-corrected chi connectivity index (χ1v) is 5.74. The van der Waals surface area contributed by atoms with Crippen LogP contribution in [-0.2, 0) is 0 Å². The van der Waals surface area contributed by atoms with Crippen LogP contribution >= 0.6 is 11.3 Å². The predicted octanol–water partition coefficient (Wildman–Crippen LogP) is 2.00. The van der Waals surface area contributed by atoms with Gasteiger partial charge in [-0.3, -0.25) is 5.10 Å². The highest BCUT2D eigenvalue weighted by Gasteiger charge is 2.20. The summed E-state index contributed by atoms with van der Waals surface area (Å²) >= 11 is 1.13. The molecule has 9 heteroatoms. The number of fused-ring (bicyclic) bond motifs is 1. The number of rotatable bonds is 2. The molecule has 3 heterocycles. The van der Waals surface area contributed by atoms with Crippen LogP contribution in [0.4, 0.5) is 14.7 Å². The van der Waals surface area contributed by atoms with Crippen LogP contribution in [-0.4, -0.2) is 25.4 Å². The quantitative estimate of drug-likeness (QED) is 0.741. The van der Waals surface area contributed by atoms with E-state index in [9.17, 15) is 8.78 Å². The molecule has 92 valence electrons. The number of H-pyrrole nitrogens is 1. The van der Waals surface area contributed by atoms with Gasteiger partial charge in [0.15, 0.2) is 0 Å². The second-order valence-corrected chi connectivity index (χ2v) is 4.34. The Morgan fingerprint density at radius 1 is 1.33 bits per heavy atom. The molecule has 3 aromatic rings. The van der Waals surface area contributed by atoms with Gasteiger partial charge < -0.3 is 5.73 Å². The number of hydrogen-bond acceptors (Lipinski definition) is 6. The Morgan fingerprint density at radius 2 is 2.17 bits per heavy atom. The summed E-state index contributed by atoms with van der Waals surface area (Å²) in [6.07, 6.45) is -1.08. The van der Waals surface area contributed by atoms with E-state index in [0.717, 1.165) is 11.3 Å². The summed E-state index contributed by atoms with van der Waals surface area (Å²) in [5.41, 5.74) is 6.41. The molecule has 3 aromatic heterocycles. The van der Waals surface area contributed by atoms with E-state index in [1.807, 2.05) is 0 Å². The van der Waals surface area contributed by atoms with Gasteiger partial charge in [0.1, 0.15) is 11.4 Å². The third-order valence-electron chi connectivity index (χ3n) is 2.35. The SMILES string of the molecule is Nc1nc(-c2c[nH]nn2)c2scc(C(F)F)c2n1. The second kappa shape index (κ2) is 3.95. The van der Waals surface area contributed by atoms with Gasteiger partial charge in [0, 0.05) is 5.38 Å². The van der Waals surface area contributed by atoms with Crippen LogP contribution < -0.4 is 5.73 Å². The van der Waals surface area contributed by atoms with E-state index in [1.54, 1.807) is 0 Å². The number of aromatic nitrogens is 5. The zero-order valence-electron chi connectivity index (χ0n) is 8.76. The molecule has 3 N–H and O–H groups in total. The zero-order valence-corrected chi connectivity index (χ0v) is 9.58. The van der Waals surface area contributed by atoms with Crippen molar-refractivity contribution in [2.75, 3.05) is 5.73 Å². The molecular weight excluding hydrogens is 262 g/mol. The second-order valence-electron chi connectivity index (χ2n) is 3.46. The topological polar surface area (TPSA) is 93.4 Å². The van der Waals surface area contributed by atoms with Crippen molar-refractivity contribution in [3.05, 3.63) is 17.1 Å². The fourth-order valence-corrected chi connectivity index (χ4v) is 2.60. The van der Waals surface area contributed by atoms with Gasteiger partial charge in [-0.15, -0.1) is 16.4 Å². The average Bonchev–Trinajstić information content (AvgIpc) is 2.96. The first-order chi connectivity index (χ1) is 8.66. The number of aromatic amines is 1. The molecule has 0 saturated heterocycles. The standard InChI is InChI=1S/C9H6F2N6S/c10-8(11)3-2-18-7-5(3)14-9(12)15-6(7)4-1-13-17-16-4/h1-2,8H,(H2,12,14,15)(H,13,16,17). The molecule has 0 aliphatic rings. The van der Waals surface area contributed by atoms with E-state index in [1.165, 1.54) is 11.6 Å². The predicted molar refractivity (Wildman–Crippen MR) is 62.2 cm³/mol. The lowest BCUT2D eigenvalue weighted by Gasteiger charge is -2.01. The summed E-state index contributed by atoms with van der Waals surface area (Å²) in [7, 11) is 0. The lowest BCUT2D eigenvalue weighted by atomic mass is 10.2. The lowest BCUT2D eigenvalue weighted by Crippen LogP contribution is -1.98. The highest BCUT2D eigenvalue weighted by Crippen LogP contribution is 2.36. The minimum Gasteiger partial charge on any atom is -0.368 e. The minimum atomic E-state index is -2.60. The Bertz CT molecular complexity index is 692. The van der Waals surface area contributed by atoms with E-state index in [4.69, 9.17) is 5.73 Å². The van der Waals surface area contributed by atoms with Crippen molar-refractivity contribution in [2.45, 2.75) is 6.43 Å². The number of nitrogen functional groups attached to an aromatic ring is 1. The smallest absolute Gasteiger partial charge is 0.266 e. The summed E-state index contributed by atoms with van der Waals surface area (Å²) in [5.74, 6) is -0.0687. The summed E-state index contributed by atoms with van der Waals surface area (Å²) in [4.78, 5) is 7.89. The third kappa shape index (κ3) is 1.59. The molecule has 18 heavy (non-hydrogen) atoms. The maximum Gasteiger partial charge on any atom is 0.266 e. The Balaban J connectivity index is 2.33. The Labute approximate surface area is 103 Å². The first kappa shape index (κ1) is 11.0. The molecule has 3 rings (SSSR count). The van der Waals surface area contributed by atoms with Crippen molar-refractivity contribution in [3.8, 4) is 11.4 Å². The van der Waals surface area contributed by atoms with Crippen LogP contribution in [0.1, 0.15) is 12.0 Å². The molecule has 0 fully saturated rings.